The number of likely N-dealkylation sites (tertiary alicyclic amines) is 2. The van der Waals surface area contributed by atoms with Crippen LogP contribution < -0.4 is 15.4 Å². The average Bonchev–Trinajstić information content (AvgIpc) is 3.09. The van der Waals surface area contributed by atoms with Gasteiger partial charge in [-0.25, -0.2) is 4.90 Å². The highest BCUT2D eigenvalue weighted by molar-refractivity contribution is 6.22. The summed E-state index contributed by atoms with van der Waals surface area (Å²) >= 11 is 0. The Balaban J connectivity index is 1.44. The molecule has 3 heterocycles. The number of hydrogen-bond acceptors (Lipinski definition) is 6. The van der Waals surface area contributed by atoms with Crippen molar-refractivity contribution in [2.45, 2.75) is 57.0 Å². The van der Waals surface area contributed by atoms with E-state index in [2.05, 4.69) is 9.80 Å². The normalized spacial score (nSPS) is 25.1. The van der Waals surface area contributed by atoms with Gasteiger partial charge in [-0.05, 0) is 70.0 Å². The third kappa shape index (κ3) is 4.06. The number of imide groups is 1. The van der Waals surface area contributed by atoms with Crippen LogP contribution in [0.4, 0.5) is 5.69 Å². The summed E-state index contributed by atoms with van der Waals surface area (Å²) in [5.41, 5.74) is 5.81. The summed E-state index contributed by atoms with van der Waals surface area (Å²) in [6.45, 7) is 5.43. The SMILES string of the molecule is CCOc1ccc(N2C(=O)CC(N3CCC(C(N)=O)(N4CCCCC4)CC3)C2=O)cc1. The first kappa shape index (κ1) is 21.8. The number of nitrogens with two attached hydrogens (primary N) is 1. The van der Waals surface area contributed by atoms with E-state index in [1.807, 2.05) is 6.92 Å². The van der Waals surface area contributed by atoms with Crippen molar-refractivity contribution >= 4 is 23.4 Å². The molecule has 3 amide bonds. The Labute approximate surface area is 183 Å². The van der Waals surface area contributed by atoms with Crippen LogP contribution in [0.2, 0.25) is 0 Å². The van der Waals surface area contributed by atoms with Gasteiger partial charge in [-0.1, -0.05) is 6.42 Å². The molecule has 1 aromatic rings. The van der Waals surface area contributed by atoms with E-state index in [9.17, 15) is 14.4 Å². The number of carbonyl (C=O) groups is 3. The van der Waals surface area contributed by atoms with Crippen molar-refractivity contribution in [3.63, 3.8) is 0 Å². The number of amides is 3. The lowest BCUT2D eigenvalue weighted by molar-refractivity contribution is -0.136. The minimum Gasteiger partial charge on any atom is -0.494 e. The largest absolute Gasteiger partial charge is 0.494 e. The third-order valence-electron chi connectivity index (χ3n) is 7.01. The number of rotatable bonds is 6. The minimum atomic E-state index is -0.628. The Morgan fingerprint density at radius 1 is 1.06 bits per heavy atom. The van der Waals surface area contributed by atoms with Crippen LogP contribution in [0.1, 0.15) is 45.4 Å². The van der Waals surface area contributed by atoms with E-state index in [1.54, 1.807) is 24.3 Å². The summed E-state index contributed by atoms with van der Waals surface area (Å²) in [5.74, 6) is 0.0537. The number of carbonyl (C=O) groups excluding carboxylic acids is 3. The Hall–Kier alpha value is -2.45. The fraction of sp³-hybridized carbons (Fsp3) is 0.609. The summed E-state index contributed by atoms with van der Waals surface area (Å²) < 4.78 is 5.44. The first-order valence-electron chi connectivity index (χ1n) is 11.3. The molecule has 0 radical (unpaired) electrons. The predicted octanol–water partition coefficient (Wildman–Crippen LogP) is 1.52. The highest BCUT2D eigenvalue weighted by atomic mass is 16.5. The van der Waals surface area contributed by atoms with Gasteiger partial charge in [-0.15, -0.1) is 0 Å². The lowest BCUT2D eigenvalue weighted by atomic mass is 9.83. The van der Waals surface area contributed by atoms with E-state index in [0.717, 1.165) is 25.9 Å². The molecule has 1 unspecified atom stereocenters. The Kier molecular flexibility index (Phi) is 6.29. The maximum absolute atomic E-state index is 13.2. The number of hydrogen-bond donors (Lipinski definition) is 1. The van der Waals surface area contributed by atoms with Crippen LogP contribution >= 0.6 is 0 Å². The predicted molar refractivity (Wildman–Crippen MR) is 117 cm³/mol. The number of benzene rings is 1. The van der Waals surface area contributed by atoms with Crippen LogP contribution in [0.3, 0.4) is 0 Å². The molecule has 0 spiro atoms. The molecular weight excluding hydrogens is 396 g/mol. The monoisotopic (exact) mass is 428 g/mol. The first-order chi connectivity index (χ1) is 15.0. The van der Waals surface area contributed by atoms with E-state index in [0.29, 0.717) is 44.0 Å². The molecule has 1 aromatic carbocycles. The highest BCUT2D eigenvalue weighted by Crippen LogP contribution is 2.34. The van der Waals surface area contributed by atoms with Crippen LogP contribution in [0.25, 0.3) is 0 Å². The fourth-order valence-electron chi connectivity index (χ4n) is 5.28. The molecule has 8 heteroatoms. The van der Waals surface area contributed by atoms with Gasteiger partial charge in [0.2, 0.25) is 11.8 Å². The van der Waals surface area contributed by atoms with E-state index < -0.39 is 11.6 Å². The number of ether oxygens (including phenoxy) is 1. The number of anilines is 1. The summed E-state index contributed by atoms with van der Waals surface area (Å²) in [6.07, 6.45) is 4.74. The van der Waals surface area contributed by atoms with Gasteiger partial charge in [-0.2, -0.15) is 0 Å². The molecule has 3 aliphatic rings. The van der Waals surface area contributed by atoms with Crippen LogP contribution in [0, 0.1) is 0 Å². The van der Waals surface area contributed by atoms with Gasteiger partial charge >= 0.3 is 0 Å². The van der Waals surface area contributed by atoms with Crippen molar-refractivity contribution in [1.29, 1.82) is 0 Å². The molecule has 8 nitrogen and oxygen atoms in total. The number of primary amides is 1. The molecule has 1 atom stereocenters. The van der Waals surface area contributed by atoms with Crippen molar-refractivity contribution < 1.29 is 19.1 Å². The lowest BCUT2D eigenvalue weighted by Gasteiger charge is -2.48. The highest BCUT2D eigenvalue weighted by Gasteiger charge is 2.49. The second-order valence-corrected chi connectivity index (χ2v) is 8.69. The third-order valence-corrected chi connectivity index (χ3v) is 7.01. The zero-order chi connectivity index (χ0) is 22.0. The molecular formula is C23H32N4O4. The average molecular weight is 429 g/mol. The first-order valence-corrected chi connectivity index (χ1v) is 11.3. The summed E-state index contributed by atoms with van der Waals surface area (Å²) in [7, 11) is 0. The standard InChI is InChI=1S/C23H32N4O4/c1-2-31-18-8-6-17(7-9-18)27-20(28)16-19(21(27)29)25-14-10-23(11-15-25,22(24)30)26-12-4-3-5-13-26/h6-9,19H,2-5,10-16H2,1H3,(H2,24,30). The van der Waals surface area contributed by atoms with Crippen LogP contribution in [0.15, 0.2) is 24.3 Å². The van der Waals surface area contributed by atoms with E-state index in [-0.39, 0.29) is 24.1 Å². The van der Waals surface area contributed by atoms with E-state index in [1.165, 1.54) is 11.3 Å². The molecule has 0 bridgehead atoms. The molecule has 0 aliphatic carbocycles. The van der Waals surface area contributed by atoms with Crippen LogP contribution in [-0.4, -0.2) is 71.9 Å². The van der Waals surface area contributed by atoms with Gasteiger partial charge in [0.05, 0.1) is 24.8 Å². The second-order valence-electron chi connectivity index (χ2n) is 8.69. The van der Waals surface area contributed by atoms with Crippen molar-refractivity contribution in [1.82, 2.24) is 9.80 Å². The number of nitrogens with zero attached hydrogens (tertiary/aromatic N) is 3. The van der Waals surface area contributed by atoms with Crippen molar-refractivity contribution in [3.05, 3.63) is 24.3 Å². The van der Waals surface area contributed by atoms with Crippen molar-refractivity contribution in [3.8, 4) is 5.75 Å². The molecule has 31 heavy (non-hydrogen) atoms. The van der Waals surface area contributed by atoms with Crippen LogP contribution in [0.5, 0.6) is 5.75 Å². The van der Waals surface area contributed by atoms with E-state index >= 15 is 0 Å². The molecule has 2 N–H and O–H groups in total. The quantitative estimate of drug-likeness (QED) is 0.691. The van der Waals surface area contributed by atoms with Crippen LogP contribution in [-0.2, 0) is 14.4 Å². The molecule has 168 valence electrons. The summed E-state index contributed by atoms with van der Waals surface area (Å²) in [5, 5.41) is 0. The summed E-state index contributed by atoms with van der Waals surface area (Å²) in [4.78, 5) is 43.9. The summed E-state index contributed by atoms with van der Waals surface area (Å²) in [6, 6.07) is 6.55. The molecule has 3 aliphatic heterocycles. The molecule has 0 saturated carbocycles. The second kappa shape index (κ2) is 8.96. The molecule has 4 rings (SSSR count). The lowest BCUT2D eigenvalue weighted by Crippen LogP contribution is -2.64. The zero-order valence-electron chi connectivity index (χ0n) is 18.2. The molecule has 0 aromatic heterocycles. The molecule has 3 fully saturated rings. The topological polar surface area (TPSA) is 96.2 Å². The molecule has 3 saturated heterocycles. The van der Waals surface area contributed by atoms with Crippen molar-refractivity contribution in [2.75, 3.05) is 37.7 Å². The minimum absolute atomic E-state index is 0.166. The van der Waals surface area contributed by atoms with E-state index in [4.69, 9.17) is 10.5 Å². The van der Waals surface area contributed by atoms with Gasteiger partial charge in [-0.3, -0.25) is 24.2 Å². The van der Waals surface area contributed by atoms with Crippen molar-refractivity contribution in [2.24, 2.45) is 5.73 Å². The van der Waals surface area contributed by atoms with Gasteiger partial charge in [0, 0.05) is 13.1 Å². The Morgan fingerprint density at radius 2 is 1.71 bits per heavy atom. The smallest absolute Gasteiger partial charge is 0.251 e. The fourth-order valence-corrected chi connectivity index (χ4v) is 5.28. The Morgan fingerprint density at radius 3 is 2.29 bits per heavy atom. The maximum atomic E-state index is 13.2. The van der Waals surface area contributed by atoms with Gasteiger partial charge in [0.25, 0.3) is 5.91 Å². The number of piperidine rings is 2. The Bertz CT molecular complexity index is 826. The maximum Gasteiger partial charge on any atom is 0.251 e. The van der Waals surface area contributed by atoms with Gasteiger partial charge < -0.3 is 10.5 Å². The van der Waals surface area contributed by atoms with Gasteiger partial charge in [0.1, 0.15) is 11.3 Å². The van der Waals surface area contributed by atoms with Gasteiger partial charge in [0.15, 0.2) is 0 Å². The zero-order valence-corrected chi connectivity index (χ0v) is 18.2.